The van der Waals surface area contributed by atoms with E-state index in [9.17, 15) is 0 Å². The fourth-order valence-electron chi connectivity index (χ4n) is 0.788. The highest BCUT2D eigenvalue weighted by Gasteiger charge is 2.04. The van der Waals surface area contributed by atoms with Gasteiger partial charge in [0.15, 0.2) is 0 Å². The summed E-state index contributed by atoms with van der Waals surface area (Å²) in [6.07, 6.45) is 3.40. The van der Waals surface area contributed by atoms with Gasteiger partial charge in [0, 0.05) is 10.7 Å². The molecule has 0 atom stereocenters. The molecule has 0 saturated carbocycles. The van der Waals surface area contributed by atoms with E-state index in [1.807, 2.05) is 13.0 Å². The second-order valence-corrected chi connectivity index (χ2v) is 3.50. The first-order valence-corrected chi connectivity index (χ1v) is 4.72. The Hall–Kier alpha value is -1.30. The lowest BCUT2D eigenvalue weighted by atomic mass is 10.4. The Kier molecular flexibility index (Phi) is 3.70. The number of tetrazole rings is 1. The zero-order valence-corrected chi connectivity index (χ0v) is 9.56. The van der Waals surface area contributed by atoms with E-state index in [0.717, 1.165) is 0 Å². The fourth-order valence-corrected chi connectivity index (χ4v) is 0.890. The first-order valence-electron chi connectivity index (χ1n) is 3.92. The van der Waals surface area contributed by atoms with E-state index in [2.05, 4.69) is 42.9 Å². The lowest BCUT2D eigenvalue weighted by Gasteiger charge is -1.91. The molecule has 1 heterocycles. The molecule has 0 spiro atoms. The van der Waals surface area contributed by atoms with Crippen LogP contribution in [0.15, 0.2) is 22.1 Å². The van der Waals surface area contributed by atoms with Crippen LogP contribution in [0.5, 0.6) is 0 Å². The van der Waals surface area contributed by atoms with Gasteiger partial charge in [-0.2, -0.15) is 4.80 Å². The van der Waals surface area contributed by atoms with Crippen LogP contribution in [0.1, 0.15) is 12.7 Å². The molecule has 0 radical (unpaired) electrons. The molecule has 6 heteroatoms. The first-order chi connectivity index (χ1) is 6.63. The molecule has 0 aromatic carbocycles. The van der Waals surface area contributed by atoms with Crippen LogP contribution in [0, 0.1) is 0 Å². The number of hydrogen-bond donors (Lipinski definition) is 0. The van der Waals surface area contributed by atoms with Crippen molar-refractivity contribution in [3.63, 3.8) is 0 Å². The molecular weight excluding hydrogens is 246 g/mol. The lowest BCUT2D eigenvalue weighted by Crippen LogP contribution is -1.92. The van der Waals surface area contributed by atoms with Crippen LogP contribution in [0.2, 0.25) is 0 Å². The van der Waals surface area contributed by atoms with Crippen molar-refractivity contribution in [2.24, 2.45) is 12.0 Å². The van der Waals surface area contributed by atoms with E-state index in [1.165, 1.54) is 4.80 Å². The standard InChI is InChI=1S/C8H10BrN5/c1-4-7(10-5-6(2)9)8-11-13-14(3)12-8/h4-5H,2H2,1,3H3/b7-4-,10-5?. The third-order valence-corrected chi connectivity index (χ3v) is 1.56. The summed E-state index contributed by atoms with van der Waals surface area (Å²) in [5, 5.41) is 11.6. The van der Waals surface area contributed by atoms with Gasteiger partial charge in [0.25, 0.3) is 0 Å². The quantitative estimate of drug-likeness (QED) is 0.771. The van der Waals surface area contributed by atoms with Gasteiger partial charge < -0.3 is 0 Å². The summed E-state index contributed by atoms with van der Waals surface area (Å²) >= 11 is 3.18. The highest BCUT2D eigenvalue weighted by atomic mass is 79.9. The van der Waals surface area contributed by atoms with Crippen molar-refractivity contribution < 1.29 is 0 Å². The van der Waals surface area contributed by atoms with E-state index in [-0.39, 0.29) is 0 Å². The highest BCUT2D eigenvalue weighted by Crippen LogP contribution is 2.09. The van der Waals surface area contributed by atoms with Crippen molar-refractivity contribution in [2.45, 2.75) is 6.92 Å². The Morgan fingerprint density at radius 2 is 2.36 bits per heavy atom. The van der Waals surface area contributed by atoms with Gasteiger partial charge in [0.2, 0.25) is 5.82 Å². The molecule has 0 aliphatic rings. The summed E-state index contributed by atoms with van der Waals surface area (Å²) < 4.78 is 0.695. The SMILES string of the molecule is C=C(Br)C=N/C(=C\C)c1nnn(C)n1. The summed E-state index contributed by atoms with van der Waals surface area (Å²) in [6, 6.07) is 0. The molecule has 1 rings (SSSR count). The molecule has 0 unspecified atom stereocenters. The monoisotopic (exact) mass is 255 g/mol. The molecule has 1 aromatic heterocycles. The van der Waals surface area contributed by atoms with Gasteiger partial charge in [0.1, 0.15) is 5.70 Å². The Labute approximate surface area is 90.4 Å². The topological polar surface area (TPSA) is 56.0 Å². The molecule has 0 fully saturated rings. The number of hydrogen-bond acceptors (Lipinski definition) is 4. The highest BCUT2D eigenvalue weighted by molar-refractivity contribution is 9.12. The first kappa shape index (κ1) is 10.8. The van der Waals surface area contributed by atoms with Gasteiger partial charge in [-0.3, -0.25) is 4.99 Å². The molecule has 0 N–H and O–H groups in total. The minimum absolute atomic E-state index is 0.500. The molecule has 0 aliphatic heterocycles. The zero-order chi connectivity index (χ0) is 10.6. The van der Waals surface area contributed by atoms with Gasteiger partial charge in [-0.15, -0.1) is 10.2 Å². The van der Waals surface area contributed by atoms with Crippen LogP contribution in [-0.4, -0.2) is 26.4 Å². The predicted molar refractivity (Wildman–Crippen MR) is 59.0 cm³/mol. The predicted octanol–water partition coefficient (Wildman–Crippen LogP) is 1.55. The van der Waals surface area contributed by atoms with Gasteiger partial charge >= 0.3 is 0 Å². The molecule has 0 aliphatic carbocycles. The molecule has 14 heavy (non-hydrogen) atoms. The zero-order valence-electron chi connectivity index (χ0n) is 7.98. The maximum Gasteiger partial charge on any atom is 0.222 e. The van der Waals surface area contributed by atoms with Gasteiger partial charge in [-0.25, -0.2) is 0 Å². The lowest BCUT2D eigenvalue weighted by molar-refractivity contribution is 0.629. The third kappa shape index (κ3) is 2.88. The normalized spacial score (nSPS) is 12.4. The van der Waals surface area contributed by atoms with Crippen molar-refractivity contribution >= 4 is 27.8 Å². The van der Waals surface area contributed by atoms with Crippen molar-refractivity contribution in [3.8, 4) is 0 Å². The third-order valence-electron chi connectivity index (χ3n) is 1.35. The maximum atomic E-state index is 4.14. The Morgan fingerprint density at radius 1 is 1.64 bits per heavy atom. The second-order valence-electron chi connectivity index (χ2n) is 2.48. The van der Waals surface area contributed by atoms with Crippen LogP contribution in [0.25, 0.3) is 5.70 Å². The number of allylic oxidation sites excluding steroid dienone is 2. The van der Waals surface area contributed by atoms with E-state index in [1.54, 1.807) is 13.3 Å². The molecule has 0 saturated heterocycles. The number of aromatic nitrogens is 4. The van der Waals surface area contributed by atoms with E-state index in [0.29, 0.717) is 16.0 Å². The Balaban J connectivity index is 2.89. The Bertz CT molecular complexity index is 390. The van der Waals surface area contributed by atoms with Crippen molar-refractivity contribution in [2.75, 3.05) is 0 Å². The van der Waals surface area contributed by atoms with Gasteiger partial charge in [-0.1, -0.05) is 12.7 Å². The largest absolute Gasteiger partial charge is 0.252 e. The van der Waals surface area contributed by atoms with Crippen LogP contribution in [0.4, 0.5) is 0 Å². The molecular formula is C8H10BrN5. The molecule has 0 amide bonds. The summed E-state index contributed by atoms with van der Waals surface area (Å²) in [5.74, 6) is 0.500. The Morgan fingerprint density at radius 3 is 2.79 bits per heavy atom. The molecule has 1 aromatic rings. The molecule has 74 valence electrons. The minimum atomic E-state index is 0.500. The van der Waals surface area contributed by atoms with Crippen LogP contribution in [0.3, 0.4) is 0 Å². The van der Waals surface area contributed by atoms with Crippen molar-refractivity contribution in [3.05, 3.63) is 23.0 Å². The van der Waals surface area contributed by atoms with E-state index >= 15 is 0 Å². The van der Waals surface area contributed by atoms with Gasteiger partial charge in [-0.05, 0) is 28.1 Å². The number of aryl methyl sites for hydroxylation is 1. The number of nitrogens with zero attached hydrogens (tertiary/aromatic N) is 5. The number of aliphatic imine (C=N–C) groups is 1. The van der Waals surface area contributed by atoms with E-state index < -0.39 is 0 Å². The summed E-state index contributed by atoms with van der Waals surface area (Å²) in [4.78, 5) is 5.52. The number of rotatable bonds is 3. The fraction of sp³-hybridized carbons (Fsp3) is 0.250. The van der Waals surface area contributed by atoms with Crippen LogP contribution in [-0.2, 0) is 7.05 Å². The average molecular weight is 256 g/mol. The molecule has 0 bridgehead atoms. The van der Waals surface area contributed by atoms with Crippen LogP contribution >= 0.6 is 15.9 Å². The van der Waals surface area contributed by atoms with E-state index in [4.69, 9.17) is 0 Å². The number of halogens is 1. The summed E-state index contributed by atoms with van der Waals surface area (Å²) in [5.41, 5.74) is 0.665. The van der Waals surface area contributed by atoms with Gasteiger partial charge in [0.05, 0.1) is 7.05 Å². The van der Waals surface area contributed by atoms with Crippen molar-refractivity contribution in [1.29, 1.82) is 0 Å². The smallest absolute Gasteiger partial charge is 0.222 e. The summed E-state index contributed by atoms with van der Waals surface area (Å²) in [7, 11) is 1.71. The molecule has 5 nitrogen and oxygen atoms in total. The second kappa shape index (κ2) is 4.80. The van der Waals surface area contributed by atoms with Crippen molar-refractivity contribution in [1.82, 2.24) is 20.2 Å². The van der Waals surface area contributed by atoms with Crippen LogP contribution < -0.4 is 0 Å². The average Bonchev–Trinajstić information content (AvgIpc) is 2.53. The maximum absolute atomic E-state index is 4.14. The summed E-state index contributed by atoms with van der Waals surface area (Å²) in [6.45, 7) is 5.50. The minimum Gasteiger partial charge on any atom is -0.252 e.